The summed E-state index contributed by atoms with van der Waals surface area (Å²) in [6.07, 6.45) is 4.71. The first-order chi connectivity index (χ1) is 8.43. The molecule has 1 aromatic heterocycles. The molecule has 5 heteroatoms. The standard InChI is InChI=1S/C13H23N3O2/c1-5-13(4,6-9-17)15-11-12(18)16(10(2)3)8-7-14-11/h7-8,10,17H,5-6,9H2,1-4H3,(H,14,15). The van der Waals surface area contributed by atoms with Crippen molar-refractivity contribution in [3.8, 4) is 0 Å². The lowest BCUT2D eigenvalue weighted by molar-refractivity contribution is 0.251. The highest BCUT2D eigenvalue weighted by molar-refractivity contribution is 5.34. The molecule has 1 heterocycles. The second-order valence-corrected chi connectivity index (χ2v) is 5.09. The van der Waals surface area contributed by atoms with Crippen LogP contribution in [0.1, 0.15) is 46.6 Å². The second-order valence-electron chi connectivity index (χ2n) is 5.09. The number of anilines is 1. The molecule has 0 aliphatic carbocycles. The summed E-state index contributed by atoms with van der Waals surface area (Å²) in [4.78, 5) is 16.3. The highest BCUT2D eigenvalue weighted by Crippen LogP contribution is 2.18. The largest absolute Gasteiger partial charge is 0.396 e. The van der Waals surface area contributed by atoms with E-state index < -0.39 is 0 Å². The predicted molar refractivity (Wildman–Crippen MR) is 72.9 cm³/mol. The van der Waals surface area contributed by atoms with E-state index in [1.165, 1.54) is 0 Å². The van der Waals surface area contributed by atoms with Crippen LogP contribution in [0.3, 0.4) is 0 Å². The molecule has 2 N–H and O–H groups in total. The molecule has 0 aromatic carbocycles. The first-order valence-electron chi connectivity index (χ1n) is 6.39. The van der Waals surface area contributed by atoms with Crippen LogP contribution in [0.4, 0.5) is 5.82 Å². The zero-order valence-electron chi connectivity index (χ0n) is 11.6. The maximum absolute atomic E-state index is 12.2. The lowest BCUT2D eigenvalue weighted by atomic mass is 9.95. The molecule has 0 radical (unpaired) electrons. The normalized spacial score (nSPS) is 14.6. The summed E-state index contributed by atoms with van der Waals surface area (Å²) in [6, 6.07) is 0.103. The second kappa shape index (κ2) is 6.00. The van der Waals surface area contributed by atoms with Gasteiger partial charge in [0.2, 0.25) is 0 Å². The Morgan fingerprint density at radius 2 is 2.22 bits per heavy atom. The highest BCUT2D eigenvalue weighted by Gasteiger charge is 2.23. The van der Waals surface area contributed by atoms with E-state index in [1.807, 2.05) is 27.7 Å². The van der Waals surface area contributed by atoms with Crippen molar-refractivity contribution >= 4 is 5.82 Å². The summed E-state index contributed by atoms with van der Waals surface area (Å²) >= 11 is 0. The van der Waals surface area contributed by atoms with E-state index in [-0.39, 0.29) is 23.7 Å². The molecular formula is C13H23N3O2. The summed E-state index contributed by atoms with van der Waals surface area (Å²) < 4.78 is 1.64. The van der Waals surface area contributed by atoms with Crippen molar-refractivity contribution in [2.24, 2.45) is 0 Å². The summed E-state index contributed by atoms with van der Waals surface area (Å²) in [7, 11) is 0. The van der Waals surface area contributed by atoms with Crippen LogP contribution in [0.25, 0.3) is 0 Å². The average molecular weight is 253 g/mol. The number of aliphatic hydroxyl groups is 1. The van der Waals surface area contributed by atoms with Crippen molar-refractivity contribution < 1.29 is 5.11 Å². The maximum atomic E-state index is 12.2. The Kier molecular flexibility index (Phi) is 4.90. The molecule has 0 saturated heterocycles. The van der Waals surface area contributed by atoms with Crippen LogP contribution < -0.4 is 10.9 Å². The van der Waals surface area contributed by atoms with Crippen molar-refractivity contribution in [2.45, 2.75) is 52.1 Å². The van der Waals surface area contributed by atoms with Crippen molar-refractivity contribution in [3.63, 3.8) is 0 Å². The van der Waals surface area contributed by atoms with Gasteiger partial charge in [-0.05, 0) is 33.6 Å². The number of nitrogens with one attached hydrogen (secondary N) is 1. The van der Waals surface area contributed by atoms with E-state index in [0.717, 1.165) is 6.42 Å². The highest BCUT2D eigenvalue weighted by atomic mass is 16.3. The van der Waals surface area contributed by atoms with E-state index in [4.69, 9.17) is 5.11 Å². The minimum absolute atomic E-state index is 0.0859. The van der Waals surface area contributed by atoms with Gasteiger partial charge in [-0.15, -0.1) is 0 Å². The quantitative estimate of drug-likeness (QED) is 0.811. The van der Waals surface area contributed by atoms with Crippen molar-refractivity contribution in [1.29, 1.82) is 0 Å². The molecule has 0 spiro atoms. The molecule has 5 nitrogen and oxygen atoms in total. The van der Waals surface area contributed by atoms with Crippen LogP contribution in [0.15, 0.2) is 17.2 Å². The Balaban J connectivity index is 3.04. The summed E-state index contributed by atoms with van der Waals surface area (Å²) in [5, 5.41) is 12.2. The van der Waals surface area contributed by atoms with Crippen LogP contribution in [0, 0.1) is 0 Å². The fourth-order valence-corrected chi connectivity index (χ4v) is 1.78. The molecule has 0 aliphatic rings. The van der Waals surface area contributed by atoms with E-state index in [2.05, 4.69) is 10.3 Å². The van der Waals surface area contributed by atoms with Gasteiger partial charge in [0.1, 0.15) is 0 Å². The van der Waals surface area contributed by atoms with Crippen LogP contribution in [0.5, 0.6) is 0 Å². The molecule has 0 bridgehead atoms. The average Bonchev–Trinajstić information content (AvgIpc) is 2.32. The zero-order valence-corrected chi connectivity index (χ0v) is 11.6. The topological polar surface area (TPSA) is 67.2 Å². The van der Waals surface area contributed by atoms with E-state index >= 15 is 0 Å². The molecule has 0 amide bonds. The first-order valence-corrected chi connectivity index (χ1v) is 6.39. The van der Waals surface area contributed by atoms with Gasteiger partial charge in [-0.1, -0.05) is 6.92 Å². The molecule has 1 unspecified atom stereocenters. The van der Waals surface area contributed by atoms with Crippen molar-refractivity contribution in [2.75, 3.05) is 11.9 Å². The summed E-state index contributed by atoms with van der Waals surface area (Å²) in [5.74, 6) is 0.351. The summed E-state index contributed by atoms with van der Waals surface area (Å²) in [6.45, 7) is 8.00. The van der Waals surface area contributed by atoms with E-state index in [0.29, 0.717) is 12.2 Å². The lowest BCUT2D eigenvalue weighted by Crippen LogP contribution is -2.39. The van der Waals surface area contributed by atoms with Gasteiger partial charge in [0.15, 0.2) is 5.82 Å². The number of aromatic nitrogens is 2. The lowest BCUT2D eigenvalue weighted by Gasteiger charge is -2.29. The Hall–Kier alpha value is -1.36. The van der Waals surface area contributed by atoms with E-state index in [9.17, 15) is 4.79 Å². The molecule has 102 valence electrons. The van der Waals surface area contributed by atoms with Gasteiger partial charge in [-0.25, -0.2) is 4.98 Å². The van der Waals surface area contributed by atoms with Gasteiger partial charge >= 0.3 is 0 Å². The number of nitrogens with zero attached hydrogens (tertiary/aromatic N) is 2. The van der Waals surface area contributed by atoms with Gasteiger partial charge in [0.05, 0.1) is 0 Å². The monoisotopic (exact) mass is 253 g/mol. The minimum Gasteiger partial charge on any atom is -0.396 e. The van der Waals surface area contributed by atoms with Crippen LogP contribution >= 0.6 is 0 Å². The van der Waals surface area contributed by atoms with Gasteiger partial charge in [-0.3, -0.25) is 4.79 Å². The molecule has 1 aromatic rings. The molecule has 0 aliphatic heterocycles. The predicted octanol–water partition coefficient (Wildman–Crippen LogP) is 1.79. The van der Waals surface area contributed by atoms with Gasteiger partial charge < -0.3 is 15.0 Å². The third-order valence-electron chi connectivity index (χ3n) is 3.29. The van der Waals surface area contributed by atoms with Crippen molar-refractivity contribution in [3.05, 3.63) is 22.7 Å². The third kappa shape index (κ3) is 3.32. The Morgan fingerprint density at radius 1 is 1.56 bits per heavy atom. The van der Waals surface area contributed by atoms with Crippen LogP contribution in [-0.2, 0) is 0 Å². The van der Waals surface area contributed by atoms with Crippen LogP contribution in [-0.4, -0.2) is 26.8 Å². The van der Waals surface area contributed by atoms with Crippen molar-refractivity contribution in [1.82, 2.24) is 9.55 Å². The number of aliphatic hydroxyl groups excluding tert-OH is 1. The Morgan fingerprint density at radius 3 is 2.72 bits per heavy atom. The third-order valence-corrected chi connectivity index (χ3v) is 3.29. The SMILES string of the molecule is CCC(C)(CCO)Nc1nccn(C(C)C)c1=O. The zero-order chi connectivity index (χ0) is 13.8. The molecular weight excluding hydrogens is 230 g/mol. The number of hydrogen-bond donors (Lipinski definition) is 2. The maximum Gasteiger partial charge on any atom is 0.293 e. The van der Waals surface area contributed by atoms with Crippen LogP contribution in [0.2, 0.25) is 0 Å². The summed E-state index contributed by atoms with van der Waals surface area (Å²) in [5.41, 5.74) is -0.429. The number of hydrogen-bond acceptors (Lipinski definition) is 4. The first kappa shape index (κ1) is 14.7. The molecule has 1 rings (SSSR count). The van der Waals surface area contributed by atoms with Gasteiger partial charge in [0.25, 0.3) is 5.56 Å². The number of rotatable bonds is 6. The van der Waals surface area contributed by atoms with E-state index in [1.54, 1.807) is 17.0 Å². The fraction of sp³-hybridized carbons (Fsp3) is 0.692. The Bertz CT molecular complexity index is 442. The Labute approximate surface area is 108 Å². The van der Waals surface area contributed by atoms with Gasteiger partial charge in [0, 0.05) is 30.6 Å². The minimum atomic E-state index is -0.308. The van der Waals surface area contributed by atoms with Gasteiger partial charge in [-0.2, -0.15) is 0 Å². The molecule has 0 fully saturated rings. The smallest absolute Gasteiger partial charge is 0.293 e. The molecule has 18 heavy (non-hydrogen) atoms. The molecule has 0 saturated carbocycles. The fourth-order valence-electron chi connectivity index (χ4n) is 1.78. The molecule has 1 atom stereocenters.